The summed E-state index contributed by atoms with van der Waals surface area (Å²) in [5.74, 6) is -7.37. The zero-order valence-corrected chi connectivity index (χ0v) is 43.1. The number of benzene rings is 2. The molecule has 3 saturated heterocycles. The van der Waals surface area contributed by atoms with E-state index >= 15 is 0 Å². The normalized spacial score (nSPS) is 29.8. The molecule has 3 aliphatic heterocycles. The van der Waals surface area contributed by atoms with Gasteiger partial charge in [0.05, 0.1) is 25.4 Å². The molecule has 0 aliphatic carbocycles. The van der Waals surface area contributed by atoms with Crippen LogP contribution in [0.4, 0.5) is 0 Å². The van der Waals surface area contributed by atoms with Crippen molar-refractivity contribution >= 4 is 55.6 Å². The Morgan fingerprint density at radius 2 is 0.757 bits per heavy atom. The van der Waals surface area contributed by atoms with Crippen molar-refractivity contribution in [3.63, 3.8) is 0 Å². The van der Waals surface area contributed by atoms with Gasteiger partial charge in [0.2, 0.25) is 6.29 Å². The van der Waals surface area contributed by atoms with Crippen LogP contribution >= 0.6 is 7.82 Å². The Morgan fingerprint density at radius 3 is 1.16 bits per heavy atom. The molecular formula is C48H61O25P. The van der Waals surface area contributed by atoms with E-state index in [0.29, 0.717) is 11.1 Å². The Morgan fingerprint density at radius 1 is 0.419 bits per heavy atom. The van der Waals surface area contributed by atoms with Crippen LogP contribution in [-0.4, -0.2) is 146 Å². The fourth-order valence-corrected chi connectivity index (χ4v) is 9.32. The molecule has 5 rings (SSSR count). The van der Waals surface area contributed by atoms with Gasteiger partial charge in [-0.25, -0.2) is 4.57 Å². The SMILES string of the molecule is CC(=O)OC[C@H]1O[C@H](OP(=O)(OCc2ccccc2)OCc2ccccc2)[C@H](OC(C)=O)[C@@H](O[C@@H]2O[C@@H](C)[C@H](OC(C)=O)[C@@H](O[C@@H]3O[C@@H](C)[C@H](OC(C)=O)[C@@H](OC(C)=O)[C@H]3OC(C)=O)[C@H]2OC(C)=O)[C@H]1OC(C)=O. The monoisotopic (exact) mass is 1070 g/mol. The quantitative estimate of drug-likeness (QED) is 0.0979. The lowest BCUT2D eigenvalue weighted by Crippen LogP contribution is -2.68. The number of hydrogen-bond acceptors (Lipinski definition) is 25. The van der Waals surface area contributed by atoms with Crippen LogP contribution in [0, 0.1) is 0 Å². The predicted molar refractivity (Wildman–Crippen MR) is 244 cm³/mol. The summed E-state index contributed by atoms with van der Waals surface area (Å²) in [6, 6.07) is 17.0. The second kappa shape index (κ2) is 27.1. The van der Waals surface area contributed by atoms with Gasteiger partial charge in [0.1, 0.15) is 24.9 Å². The minimum Gasteiger partial charge on any atom is -0.463 e. The summed E-state index contributed by atoms with van der Waals surface area (Å²) >= 11 is 0. The first-order valence-corrected chi connectivity index (χ1v) is 24.7. The van der Waals surface area contributed by atoms with Crippen molar-refractivity contribution in [2.45, 2.75) is 175 Å². The van der Waals surface area contributed by atoms with Gasteiger partial charge in [-0.2, -0.15) is 0 Å². The van der Waals surface area contributed by atoms with Gasteiger partial charge in [-0.1, -0.05) is 60.7 Å². The van der Waals surface area contributed by atoms with Gasteiger partial charge in [0, 0.05) is 55.4 Å². The molecule has 0 bridgehead atoms. The second-order valence-electron chi connectivity index (χ2n) is 17.1. The van der Waals surface area contributed by atoms with Crippen LogP contribution in [0.15, 0.2) is 60.7 Å². The van der Waals surface area contributed by atoms with Gasteiger partial charge in [0.25, 0.3) is 0 Å². The van der Waals surface area contributed by atoms with E-state index < -0.39 is 154 Å². The topological polar surface area (TPSA) is 301 Å². The molecule has 25 nitrogen and oxygen atoms in total. The number of rotatable bonds is 21. The molecule has 0 amide bonds. The summed E-state index contributed by atoms with van der Waals surface area (Å²) in [6.45, 7) is 9.70. The highest BCUT2D eigenvalue weighted by Crippen LogP contribution is 2.54. The highest BCUT2D eigenvalue weighted by atomic mass is 31.2. The molecule has 0 unspecified atom stereocenters. The summed E-state index contributed by atoms with van der Waals surface area (Å²) in [6.07, 6.45) is -25.4. The van der Waals surface area contributed by atoms with Gasteiger partial charge in [-0.15, -0.1) is 0 Å². The first-order chi connectivity index (χ1) is 34.9. The Labute approximate surface area is 425 Å². The van der Waals surface area contributed by atoms with E-state index in [1.54, 1.807) is 60.7 Å². The van der Waals surface area contributed by atoms with E-state index in [1.807, 2.05) is 0 Å². The largest absolute Gasteiger partial charge is 0.477 e. The number of phosphoric ester groups is 1. The lowest BCUT2D eigenvalue weighted by molar-refractivity contribution is -0.375. The number of carbonyl (C=O) groups excluding carboxylic acids is 8. The van der Waals surface area contributed by atoms with Crippen LogP contribution in [-0.2, 0) is 131 Å². The van der Waals surface area contributed by atoms with Crippen molar-refractivity contribution in [1.29, 1.82) is 0 Å². The minimum absolute atomic E-state index is 0.346. The maximum Gasteiger partial charge on any atom is 0.477 e. The zero-order valence-electron chi connectivity index (χ0n) is 42.2. The first-order valence-electron chi connectivity index (χ1n) is 23.2. The molecule has 0 saturated carbocycles. The third kappa shape index (κ3) is 17.1. The van der Waals surface area contributed by atoms with Crippen LogP contribution in [0.25, 0.3) is 0 Å². The molecule has 26 heteroatoms. The average molecular weight is 1070 g/mol. The average Bonchev–Trinajstić information content (AvgIpc) is 3.31. The van der Waals surface area contributed by atoms with E-state index in [4.69, 9.17) is 75.2 Å². The van der Waals surface area contributed by atoms with E-state index in [1.165, 1.54) is 13.8 Å². The van der Waals surface area contributed by atoms with E-state index in [0.717, 1.165) is 55.4 Å². The molecule has 0 radical (unpaired) electrons. The molecule has 0 spiro atoms. The fraction of sp³-hybridized carbons (Fsp3) is 0.583. The zero-order chi connectivity index (χ0) is 54.4. The number of hydrogen-bond donors (Lipinski definition) is 0. The van der Waals surface area contributed by atoms with E-state index in [2.05, 4.69) is 0 Å². The Hall–Kier alpha value is -5.89. The summed E-state index contributed by atoms with van der Waals surface area (Å²) in [4.78, 5) is 102. The highest BCUT2D eigenvalue weighted by molar-refractivity contribution is 7.48. The van der Waals surface area contributed by atoms with Crippen LogP contribution < -0.4 is 0 Å². The molecule has 0 aromatic heterocycles. The van der Waals surface area contributed by atoms with Crippen LogP contribution in [0.3, 0.4) is 0 Å². The Balaban J connectivity index is 1.64. The number of carbonyl (C=O) groups is 8. The van der Waals surface area contributed by atoms with Crippen molar-refractivity contribution in [3.8, 4) is 0 Å². The third-order valence-electron chi connectivity index (χ3n) is 10.9. The van der Waals surface area contributed by atoms with Crippen molar-refractivity contribution in [2.75, 3.05) is 6.61 Å². The molecular weight excluding hydrogens is 1010 g/mol. The molecule has 3 heterocycles. The molecule has 3 fully saturated rings. The lowest BCUT2D eigenvalue weighted by atomic mass is 9.95. The van der Waals surface area contributed by atoms with Crippen molar-refractivity contribution in [3.05, 3.63) is 71.8 Å². The van der Waals surface area contributed by atoms with E-state index in [9.17, 15) is 42.9 Å². The molecule has 408 valence electrons. The van der Waals surface area contributed by atoms with Crippen molar-refractivity contribution in [1.82, 2.24) is 0 Å². The summed E-state index contributed by atoms with van der Waals surface area (Å²) in [7, 11) is -4.89. The maximum absolute atomic E-state index is 14.9. The van der Waals surface area contributed by atoms with Crippen molar-refractivity contribution < 1.29 is 118 Å². The van der Waals surface area contributed by atoms with E-state index in [-0.39, 0.29) is 13.2 Å². The number of esters is 8. The van der Waals surface area contributed by atoms with Crippen LogP contribution in [0.5, 0.6) is 0 Å². The highest BCUT2D eigenvalue weighted by Gasteiger charge is 2.60. The lowest BCUT2D eigenvalue weighted by Gasteiger charge is -2.50. The standard InChI is InChI=1S/C48H61O25P/c1-24-37(63-27(4)50)40(66-30(7)53)43(67-31(8)54)46(61-24)71-41-38(64-28(5)51)25(2)62-47(44(41)68-32(9)55)72-42-39(65-29(6)52)36(23-58-26(3)49)70-48(45(42)69-33(10)56)73-74(57,59-21-34-17-13-11-14-18-34)60-22-35-19-15-12-16-20-35/h11-20,24-25,36-48H,21-23H2,1-10H3/t24-,25-,36+,37-,38-,39-,40+,41+,42-,43+,44+,45+,46-,47-,48+/m0/s1. The first kappa shape index (κ1) is 59.0. The van der Waals surface area contributed by atoms with Gasteiger partial charge < -0.3 is 61.6 Å². The minimum atomic E-state index is -4.89. The van der Waals surface area contributed by atoms with Gasteiger partial charge in [-0.3, -0.25) is 51.9 Å². The summed E-state index contributed by atoms with van der Waals surface area (Å²) in [5, 5.41) is 0. The van der Waals surface area contributed by atoms with Gasteiger partial charge in [0.15, 0.2) is 55.3 Å². The molecule has 3 aliphatic rings. The maximum atomic E-state index is 14.9. The smallest absolute Gasteiger partial charge is 0.463 e. The number of ether oxygens (including phenoxy) is 13. The second-order valence-corrected chi connectivity index (χ2v) is 18.7. The molecule has 0 N–H and O–H groups in total. The molecule has 2 aromatic rings. The summed E-state index contributed by atoms with van der Waals surface area (Å²) < 4.78 is 109. The van der Waals surface area contributed by atoms with Crippen molar-refractivity contribution in [2.24, 2.45) is 0 Å². The third-order valence-corrected chi connectivity index (χ3v) is 12.2. The number of phosphoric acid groups is 1. The summed E-state index contributed by atoms with van der Waals surface area (Å²) in [5.41, 5.74) is 1.07. The van der Waals surface area contributed by atoms with Crippen LogP contribution in [0.1, 0.15) is 80.4 Å². The van der Waals surface area contributed by atoms with Gasteiger partial charge in [-0.05, 0) is 25.0 Å². The Kier molecular flexibility index (Phi) is 21.6. The van der Waals surface area contributed by atoms with Crippen LogP contribution in [0.2, 0.25) is 0 Å². The predicted octanol–water partition coefficient (Wildman–Crippen LogP) is 3.61. The Bertz CT molecular complexity index is 2270. The van der Waals surface area contributed by atoms with Gasteiger partial charge >= 0.3 is 55.6 Å². The molecule has 15 atom stereocenters. The molecule has 2 aromatic carbocycles. The molecule has 74 heavy (non-hydrogen) atoms. The fourth-order valence-electron chi connectivity index (χ4n) is 8.08.